The van der Waals surface area contributed by atoms with Gasteiger partial charge < -0.3 is 14.6 Å². The monoisotopic (exact) mass is 313 g/mol. The van der Waals surface area contributed by atoms with Crippen molar-refractivity contribution in [2.45, 2.75) is 6.04 Å². The van der Waals surface area contributed by atoms with E-state index >= 15 is 0 Å². The predicted octanol–water partition coefficient (Wildman–Crippen LogP) is 3.08. The van der Waals surface area contributed by atoms with E-state index in [1.807, 2.05) is 0 Å². The lowest BCUT2D eigenvalue weighted by atomic mass is 10.0. The Morgan fingerprint density at radius 2 is 1.83 bits per heavy atom. The first-order chi connectivity index (χ1) is 11.1. The predicted molar refractivity (Wildman–Crippen MR) is 79.9 cm³/mol. The highest BCUT2D eigenvalue weighted by Gasteiger charge is 2.36. The molecule has 6 heteroatoms. The molecule has 2 aromatic rings. The van der Waals surface area contributed by atoms with Gasteiger partial charge in [0.2, 0.25) is 6.79 Å². The van der Waals surface area contributed by atoms with Crippen molar-refractivity contribution < 1.29 is 23.8 Å². The van der Waals surface area contributed by atoms with Crippen LogP contribution in [0, 0.1) is 5.82 Å². The molecule has 2 aromatic carbocycles. The van der Waals surface area contributed by atoms with Gasteiger partial charge in [0.25, 0.3) is 5.91 Å². The molecule has 5 nitrogen and oxygen atoms in total. The summed E-state index contributed by atoms with van der Waals surface area (Å²) in [5.74, 6) is 0.335. The van der Waals surface area contributed by atoms with Crippen LogP contribution in [0.1, 0.15) is 11.6 Å². The maximum absolute atomic E-state index is 13.1. The van der Waals surface area contributed by atoms with Crippen LogP contribution in [-0.2, 0) is 4.79 Å². The Morgan fingerprint density at radius 3 is 2.61 bits per heavy atom. The number of nitrogens with zero attached hydrogens (tertiary/aromatic N) is 1. The fourth-order valence-corrected chi connectivity index (χ4v) is 2.81. The summed E-state index contributed by atoms with van der Waals surface area (Å²) in [6.07, 6.45) is 1.17. The smallest absolute Gasteiger partial charge is 0.255 e. The molecule has 0 fully saturated rings. The van der Waals surface area contributed by atoms with E-state index in [9.17, 15) is 14.3 Å². The highest BCUT2D eigenvalue weighted by molar-refractivity contribution is 6.05. The van der Waals surface area contributed by atoms with Gasteiger partial charge in [-0.2, -0.15) is 0 Å². The average Bonchev–Trinajstić information content (AvgIpc) is 3.11. The summed E-state index contributed by atoms with van der Waals surface area (Å²) in [7, 11) is 0. The second-order valence-corrected chi connectivity index (χ2v) is 5.27. The molecule has 23 heavy (non-hydrogen) atoms. The minimum atomic E-state index is -0.691. The average molecular weight is 313 g/mol. The Kier molecular flexibility index (Phi) is 2.97. The molecule has 1 N–H and O–H groups in total. The Labute approximate surface area is 131 Å². The van der Waals surface area contributed by atoms with Crippen LogP contribution in [-0.4, -0.2) is 17.8 Å². The Balaban J connectivity index is 1.76. The lowest BCUT2D eigenvalue weighted by molar-refractivity contribution is -0.113. The van der Waals surface area contributed by atoms with Gasteiger partial charge in [-0.1, -0.05) is 12.1 Å². The van der Waals surface area contributed by atoms with Gasteiger partial charge in [-0.3, -0.25) is 9.69 Å². The lowest BCUT2D eigenvalue weighted by Crippen LogP contribution is -2.29. The third-order valence-corrected chi connectivity index (χ3v) is 3.87. The second kappa shape index (κ2) is 5.01. The molecule has 0 aromatic heterocycles. The number of ether oxygens (including phenoxy) is 2. The highest BCUT2D eigenvalue weighted by Crippen LogP contribution is 2.41. The van der Waals surface area contributed by atoms with Gasteiger partial charge in [-0.05, 0) is 29.8 Å². The molecule has 0 spiro atoms. The van der Waals surface area contributed by atoms with Crippen LogP contribution in [0.15, 0.2) is 54.3 Å². The zero-order valence-corrected chi connectivity index (χ0v) is 11.9. The number of fused-ring (bicyclic) bond motifs is 1. The molecule has 1 atom stereocenters. The maximum Gasteiger partial charge on any atom is 0.255 e. The first-order valence-electron chi connectivity index (χ1n) is 7.02. The van der Waals surface area contributed by atoms with E-state index in [4.69, 9.17) is 9.47 Å². The largest absolute Gasteiger partial charge is 0.510 e. The SMILES string of the molecule is O=C1C=C(O)C(c2ccc(F)cc2)N1c1ccc2c(c1)OCO2. The van der Waals surface area contributed by atoms with E-state index < -0.39 is 6.04 Å². The van der Waals surface area contributed by atoms with Gasteiger partial charge in [-0.15, -0.1) is 0 Å². The number of anilines is 1. The fraction of sp³-hybridized carbons (Fsp3) is 0.118. The number of aliphatic hydroxyl groups excluding tert-OH is 1. The first-order valence-corrected chi connectivity index (χ1v) is 7.02. The van der Waals surface area contributed by atoms with Gasteiger partial charge in [0.1, 0.15) is 17.6 Å². The summed E-state index contributed by atoms with van der Waals surface area (Å²) in [5, 5.41) is 10.2. The maximum atomic E-state index is 13.1. The van der Waals surface area contributed by atoms with Crippen molar-refractivity contribution in [3.05, 3.63) is 65.7 Å². The standard InChI is InChI=1S/C17H12FNO4/c18-11-3-1-10(2-4-11)17-13(20)8-16(21)19(17)12-5-6-14-15(7-12)23-9-22-14/h1-8,17,20H,9H2. The number of aliphatic hydroxyl groups is 1. The molecule has 2 heterocycles. The second-order valence-electron chi connectivity index (χ2n) is 5.27. The molecule has 2 aliphatic heterocycles. The Bertz CT molecular complexity index is 816. The first kappa shape index (κ1) is 13.6. The summed E-state index contributed by atoms with van der Waals surface area (Å²) in [5.41, 5.74) is 1.18. The third-order valence-electron chi connectivity index (χ3n) is 3.87. The molecule has 0 radical (unpaired) electrons. The van der Waals surface area contributed by atoms with E-state index in [2.05, 4.69) is 0 Å². The Morgan fingerprint density at radius 1 is 1.09 bits per heavy atom. The zero-order chi connectivity index (χ0) is 16.0. The molecule has 4 rings (SSSR count). The van der Waals surface area contributed by atoms with E-state index in [1.54, 1.807) is 30.3 Å². The van der Waals surface area contributed by atoms with E-state index in [1.165, 1.54) is 23.1 Å². The van der Waals surface area contributed by atoms with Gasteiger partial charge in [-0.25, -0.2) is 4.39 Å². The summed E-state index contributed by atoms with van der Waals surface area (Å²) in [6, 6.07) is 10.1. The molecular weight excluding hydrogens is 301 g/mol. The Hall–Kier alpha value is -3.02. The minimum Gasteiger partial charge on any atom is -0.510 e. The van der Waals surface area contributed by atoms with Crippen molar-refractivity contribution in [3.8, 4) is 11.5 Å². The summed E-state index contributed by atoms with van der Waals surface area (Å²) in [4.78, 5) is 13.7. The molecular formula is C17H12FNO4. The molecule has 0 bridgehead atoms. The number of carbonyl (C=O) groups is 1. The number of carbonyl (C=O) groups excluding carboxylic acids is 1. The molecule has 1 unspecified atom stereocenters. The van der Waals surface area contributed by atoms with E-state index in [-0.39, 0.29) is 24.3 Å². The van der Waals surface area contributed by atoms with E-state index in [0.29, 0.717) is 22.7 Å². The number of halogens is 1. The highest BCUT2D eigenvalue weighted by atomic mass is 19.1. The normalized spacial score (nSPS) is 19.2. The van der Waals surface area contributed by atoms with Crippen LogP contribution in [0.4, 0.5) is 10.1 Å². The number of benzene rings is 2. The van der Waals surface area contributed by atoms with Crippen LogP contribution in [0.5, 0.6) is 11.5 Å². The molecule has 2 aliphatic rings. The molecule has 0 saturated heterocycles. The molecule has 1 amide bonds. The van der Waals surface area contributed by atoms with Crippen molar-refractivity contribution in [3.63, 3.8) is 0 Å². The van der Waals surface area contributed by atoms with Crippen molar-refractivity contribution in [1.29, 1.82) is 0 Å². The topological polar surface area (TPSA) is 59.0 Å². The van der Waals surface area contributed by atoms with Crippen LogP contribution >= 0.6 is 0 Å². The number of hydrogen-bond acceptors (Lipinski definition) is 4. The summed E-state index contributed by atoms with van der Waals surface area (Å²) < 4.78 is 23.7. The van der Waals surface area contributed by atoms with Crippen LogP contribution < -0.4 is 14.4 Å². The minimum absolute atomic E-state index is 0.0840. The lowest BCUT2D eigenvalue weighted by Gasteiger charge is -2.26. The number of amides is 1. The molecule has 116 valence electrons. The van der Waals surface area contributed by atoms with Crippen molar-refractivity contribution in [2.24, 2.45) is 0 Å². The van der Waals surface area contributed by atoms with Crippen LogP contribution in [0.25, 0.3) is 0 Å². The van der Waals surface area contributed by atoms with E-state index in [0.717, 1.165) is 0 Å². The van der Waals surface area contributed by atoms with Crippen LogP contribution in [0.2, 0.25) is 0 Å². The van der Waals surface area contributed by atoms with Crippen molar-refractivity contribution in [2.75, 3.05) is 11.7 Å². The molecule has 0 saturated carbocycles. The number of hydrogen-bond donors (Lipinski definition) is 1. The number of rotatable bonds is 2. The summed E-state index contributed by atoms with van der Waals surface area (Å²) in [6.45, 7) is 0.137. The summed E-state index contributed by atoms with van der Waals surface area (Å²) >= 11 is 0. The fourth-order valence-electron chi connectivity index (χ4n) is 2.81. The zero-order valence-electron chi connectivity index (χ0n) is 11.9. The quantitative estimate of drug-likeness (QED) is 0.925. The van der Waals surface area contributed by atoms with Crippen molar-refractivity contribution in [1.82, 2.24) is 0 Å². The van der Waals surface area contributed by atoms with Crippen molar-refractivity contribution >= 4 is 11.6 Å². The van der Waals surface area contributed by atoms with Gasteiger partial charge >= 0.3 is 0 Å². The van der Waals surface area contributed by atoms with Gasteiger partial charge in [0, 0.05) is 17.8 Å². The molecule has 0 aliphatic carbocycles. The van der Waals surface area contributed by atoms with Gasteiger partial charge in [0.05, 0.1) is 0 Å². The van der Waals surface area contributed by atoms with Gasteiger partial charge in [0.15, 0.2) is 11.5 Å². The van der Waals surface area contributed by atoms with Crippen LogP contribution in [0.3, 0.4) is 0 Å². The third kappa shape index (κ3) is 2.19.